The summed E-state index contributed by atoms with van der Waals surface area (Å²) in [4.78, 5) is 40.0. The molecule has 1 atom stereocenters. The van der Waals surface area contributed by atoms with Crippen molar-refractivity contribution in [1.82, 2.24) is 4.90 Å². The van der Waals surface area contributed by atoms with Crippen molar-refractivity contribution in [2.75, 3.05) is 31.0 Å². The van der Waals surface area contributed by atoms with Crippen LogP contribution in [-0.4, -0.2) is 56.8 Å². The van der Waals surface area contributed by atoms with Gasteiger partial charge >= 0.3 is 0 Å². The van der Waals surface area contributed by atoms with Crippen LogP contribution in [0.5, 0.6) is 11.5 Å². The number of amides is 3. The number of fused-ring (bicyclic) bond motifs is 1. The quantitative estimate of drug-likeness (QED) is 0.535. The second kappa shape index (κ2) is 8.79. The smallest absolute Gasteiger partial charge is 0.272 e. The van der Waals surface area contributed by atoms with Gasteiger partial charge in [0.15, 0.2) is 11.5 Å². The van der Waals surface area contributed by atoms with Crippen LogP contribution in [0.25, 0.3) is 0 Å². The van der Waals surface area contributed by atoms with Gasteiger partial charge in [-0.15, -0.1) is 11.3 Å². The summed E-state index contributed by atoms with van der Waals surface area (Å²) in [6, 6.07) is 3.73. The molecule has 11 heteroatoms. The van der Waals surface area contributed by atoms with Crippen molar-refractivity contribution >= 4 is 44.6 Å². The number of benzene rings is 1. The lowest BCUT2D eigenvalue weighted by Crippen LogP contribution is -2.38. The Hall–Kier alpha value is -2.92. The van der Waals surface area contributed by atoms with Gasteiger partial charge in [0.05, 0.1) is 36.8 Å². The number of nitrogens with zero attached hydrogens (tertiary/aromatic N) is 1. The Morgan fingerprint density at radius 2 is 1.97 bits per heavy atom. The molecule has 1 fully saturated rings. The van der Waals surface area contributed by atoms with Crippen molar-refractivity contribution in [2.45, 2.75) is 25.8 Å². The second-order valence-electron chi connectivity index (χ2n) is 8.05. The molecular formula is C22H24N2O7S2. The molecule has 33 heavy (non-hydrogen) atoms. The molecule has 2 heterocycles. The second-order valence-corrected chi connectivity index (χ2v) is 11.1. The first-order valence-corrected chi connectivity index (χ1v) is 13.4. The molecule has 9 nitrogen and oxygen atoms in total. The molecule has 3 amide bonds. The van der Waals surface area contributed by atoms with Crippen molar-refractivity contribution < 1.29 is 32.3 Å². The minimum absolute atomic E-state index is 0.0712. The molecule has 4 rings (SSSR count). The maximum atomic E-state index is 13.4. The summed E-state index contributed by atoms with van der Waals surface area (Å²) in [6.07, 6.45) is 2.65. The highest BCUT2D eigenvalue weighted by Crippen LogP contribution is 2.41. The lowest BCUT2D eigenvalue weighted by atomic mass is 10.1. The molecule has 0 spiro atoms. The SMILES string of the molecule is CCOc1cc([C@@H](CS(C)(=O)=O)N2C(=O)c3scc(NC(=O)C4CC4)c3C2=O)ccc1OC. The molecule has 1 N–H and O–H groups in total. The predicted octanol–water partition coefficient (Wildman–Crippen LogP) is 2.89. The maximum Gasteiger partial charge on any atom is 0.272 e. The topological polar surface area (TPSA) is 119 Å². The minimum Gasteiger partial charge on any atom is -0.493 e. The molecule has 0 radical (unpaired) electrons. The van der Waals surface area contributed by atoms with Crippen molar-refractivity contribution in [3.8, 4) is 11.5 Å². The van der Waals surface area contributed by atoms with Crippen molar-refractivity contribution in [3.63, 3.8) is 0 Å². The van der Waals surface area contributed by atoms with E-state index >= 15 is 0 Å². The van der Waals surface area contributed by atoms with Gasteiger partial charge in [-0.2, -0.15) is 0 Å². The highest BCUT2D eigenvalue weighted by molar-refractivity contribution is 7.90. The van der Waals surface area contributed by atoms with E-state index in [9.17, 15) is 22.8 Å². The number of hydrogen-bond donors (Lipinski definition) is 1. The van der Waals surface area contributed by atoms with E-state index in [1.807, 2.05) is 0 Å². The number of carbonyl (C=O) groups is 3. The summed E-state index contributed by atoms with van der Waals surface area (Å²) >= 11 is 1.06. The molecule has 2 aromatic rings. The van der Waals surface area contributed by atoms with E-state index in [0.29, 0.717) is 23.7 Å². The fraction of sp³-hybridized carbons (Fsp3) is 0.409. The van der Waals surface area contributed by atoms with Crippen LogP contribution in [-0.2, 0) is 14.6 Å². The molecule has 2 aliphatic rings. The van der Waals surface area contributed by atoms with Crippen molar-refractivity contribution in [1.29, 1.82) is 0 Å². The fourth-order valence-corrected chi connectivity index (χ4v) is 5.62. The first-order chi connectivity index (χ1) is 15.6. The third kappa shape index (κ3) is 4.60. The Labute approximate surface area is 195 Å². The van der Waals surface area contributed by atoms with Gasteiger partial charge < -0.3 is 14.8 Å². The van der Waals surface area contributed by atoms with Gasteiger partial charge in [0.25, 0.3) is 11.8 Å². The van der Waals surface area contributed by atoms with Crippen LogP contribution in [0.15, 0.2) is 23.6 Å². The highest BCUT2D eigenvalue weighted by Gasteiger charge is 2.45. The lowest BCUT2D eigenvalue weighted by molar-refractivity contribution is -0.117. The largest absolute Gasteiger partial charge is 0.493 e. The van der Waals surface area contributed by atoms with Crippen LogP contribution in [0.2, 0.25) is 0 Å². The number of rotatable bonds is 9. The van der Waals surface area contributed by atoms with Crippen LogP contribution < -0.4 is 14.8 Å². The summed E-state index contributed by atoms with van der Waals surface area (Å²) < 4.78 is 35.4. The Morgan fingerprint density at radius 1 is 1.24 bits per heavy atom. The monoisotopic (exact) mass is 492 g/mol. The maximum absolute atomic E-state index is 13.4. The molecule has 0 bridgehead atoms. The Morgan fingerprint density at radius 3 is 2.58 bits per heavy atom. The molecule has 1 aromatic carbocycles. The Bertz CT molecular complexity index is 1230. The Balaban J connectivity index is 1.73. The third-order valence-electron chi connectivity index (χ3n) is 5.49. The molecule has 1 aromatic heterocycles. The van der Waals surface area contributed by atoms with Crippen LogP contribution in [0.1, 0.15) is 51.4 Å². The number of anilines is 1. The van der Waals surface area contributed by atoms with Crippen molar-refractivity contribution in [3.05, 3.63) is 39.6 Å². The molecule has 0 saturated heterocycles. The van der Waals surface area contributed by atoms with Crippen molar-refractivity contribution in [2.24, 2.45) is 5.92 Å². The zero-order valence-electron chi connectivity index (χ0n) is 18.4. The number of ether oxygens (including phenoxy) is 2. The van der Waals surface area contributed by atoms with E-state index in [1.54, 1.807) is 30.5 Å². The van der Waals surface area contributed by atoms with E-state index in [2.05, 4.69) is 5.32 Å². The highest BCUT2D eigenvalue weighted by atomic mass is 32.2. The lowest BCUT2D eigenvalue weighted by Gasteiger charge is -2.27. The number of carbonyl (C=O) groups excluding carboxylic acids is 3. The number of imide groups is 1. The summed E-state index contributed by atoms with van der Waals surface area (Å²) in [5.74, 6) is -1.11. The zero-order chi connectivity index (χ0) is 23.9. The fourth-order valence-electron chi connectivity index (χ4n) is 3.78. The summed E-state index contributed by atoms with van der Waals surface area (Å²) in [5, 5.41) is 4.31. The minimum atomic E-state index is -3.58. The molecule has 1 aliphatic heterocycles. The average molecular weight is 493 g/mol. The number of sulfone groups is 1. The van der Waals surface area contributed by atoms with E-state index in [0.717, 1.165) is 35.3 Å². The van der Waals surface area contributed by atoms with Crippen LogP contribution in [0.3, 0.4) is 0 Å². The van der Waals surface area contributed by atoms with Crippen LogP contribution >= 0.6 is 11.3 Å². The average Bonchev–Trinajstić information content (AvgIpc) is 3.48. The summed E-state index contributed by atoms with van der Waals surface area (Å²) in [5.41, 5.74) is 0.816. The normalized spacial score (nSPS) is 16.5. The summed E-state index contributed by atoms with van der Waals surface area (Å²) in [6.45, 7) is 2.14. The number of nitrogens with one attached hydrogen (secondary N) is 1. The van der Waals surface area contributed by atoms with E-state index < -0.39 is 33.4 Å². The van der Waals surface area contributed by atoms with Gasteiger partial charge in [0.1, 0.15) is 14.7 Å². The molecule has 0 unspecified atom stereocenters. The predicted molar refractivity (Wildman–Crippen MR) is 123 cm³/mol. The summed E-state index contributed by atoms with van der Waals surface area (Å²) in [7, 11) is -2.10. The van der Waals surface area contributed by atoms with Gasteiger partial charge in [-0.25, -0.2) is 8.42 Å². The van der Waals surface area contributed by atoms with Crippen LogP contribution in [0, 0.1) is 5.92 Å². The molecule has 1 saturated carbocycles. The number of thiophene rings is 1. The van der Waals surface area contributed by atoms with Gasteiger partial charge in [-0.3, -0.25) is 19.3 Å². The number of hydrogen-bond acceptors (Lipinski definition) is 8. The first-order valence-electron chi connectivity index (χ1n) is 10.4. The Kier molecular flexibility index (Phi) is 6.19. The zero-order valence-corrected chi connectivity index (χ0v) is 20.0. The van der Waals surface area contributed by atoms with Gasteiger partial charge in [-0.1, -0.05) is 6.07 Å². The van der Waals surface area contributed by atoms with E-state index in [1.165, 1.54) is 7.11 Å². The molecule has 1 aliphatic carbocycles. The third-order valence-corrected chi connectivity index (χ3v) is 7.38. The molecular weight excluding hydrogens is 468 g/mol. The molecule has 176 valence electrons. The van der Waals surface area contributed by atoms with Gasteiger partial charge in [0.2, 0.25) is 5.91 Å². The van der Waals surface area contributed by atoms with Crippen LogP contribution in [0.4, 0.5) is 5.69 Å². The van der Waals surface area contributed by atoms with E-state index in [4.69, 9.17) is 9.47 Å². The first kappa shape index (κ1) is 23.2. The standard InChI is InChI=1S/C22H24N2O7S2/c1-4-31-17-9-13(7-8-16(17)30-2)15(11-33(3,28)29)24-21(26)18-14(10-32-19(18)22(24)27)23-20(25)12-5-6-12/h7-10,12,15H,4-6,11H2,1-3H3,(H,23,25)/t15-/m1/s1. The van der Waals surface area contributed by atoms with E-state index in [-0.39, 0.29) is 28.0 Å². The van der Waals surface area contributed by atoms with Gasteiger partial charge in [-0.05, 0) is 37.5 Å². The van der Waals surface area contributed by atoms with Gasteiger partial charge in [0, 0.05) is 17.6 Å². The number of methoxy groups -OCH3 is 1.